The predicted molar refractivity (Wildman–Crippen MR) is 40.1 cm³/mol. The molecule has 50 valence electrons. The van der Waals surface area contributed by atoms with Crippen molar-refractivity contribution < 1.29 is 4.79 Å². The zero-order chi connectivity index (χ0) is 6.97. The molecule has 1 aromatic heterocycles. The molecule has 0 N–H and O–H groups in total. The van der Waals surface area contributed by atoms with Gasteiger partial charge in [0.2, 0.25) is 0 Å². The number of allylic oxidation sites excluding steroid dienone is 1. The average Bonchev–Trinajstić information content (AvgIpc) is 2.36. The summed E-state index contributed by atoms with van der Waals surface area (Å²) in [6.07, 6.45) is 4.28. The van der Waals surface area contributed by atoms with Crippen LogP contribution < -0.4 is 0 Å². The number of carbonyl (C=O) groups excluding carboxylic acids is 1. The summed E-state index contributed by atoms with van der Waals surface area (Å²) < 4.78 is 0. The summed E-state index contributed by atoms with van der Waals surface area (Å²) in [5.41, 5.74) is 2.54. The molecule has 0 unspecified atom stereocenters. The molecule has 1 aliphatic carbocycles. The van der Waals surface area contributed by atoms with Crippen molar-refractivity contribution in [2.75, 3.05) is 0 Å². The van der Waals surface area contributed by atoms with Gasteiger partial charge in [-0.2, -0.15) is 0 Å². The van der Waals surface area contributed by atoms with Gasteiger partial charge in [-0.15, -0.1) is 11.3 Å². The summed E-state index contributed by atoms with van der Waals surface area (Å²) in [7, 11) is 0. The maximum absolute atomic E-state index is 11.1. The number of nitrogens with zero attached hydrogens (tertiary/aromatic N) is 1. The van der Waals surface area contributed by atoms with Gasteiger partial charge < -0.3 is 0 Å². The van der Waals surface area contributed by atoms with E-state index in [1.165, 1.54) is 11.3 Å². The van der Waals surface area contributed by atoms with Gasteiger partial charge in [0, 0.05) is 6.42 Å². The lowest BCUT2D eigenvalue weighted by molar-refractivity contribution is 0.0998. The second-order valence-corrected chi connectivity index (χ2v) is 2.95. The van der Waals surface area contributed by atoms with Crippen LogP contribution in [0.1, 0.15) is 21.8 Å². The van der Waals surface area contributed by atoms with Crippen LogP contribution in [0.2, 0.25) is 0 Å². The van der Waals surface area contributed by atoms with Crippen molar-refractivity contribution in [1.29, 1.82) is 0 Å². The highest BCUT2D eigenvalue weighted by atomic mass is 32.1. The zero-order valence-corrected chi connectivity index (χ0v) is 6.02. The van der Waals surface area contributed by atoms with E-state index >= 15 is 0 Å². The van der Waals surface area contributed by atoms with E-state index in [1.807, 2.05) is 12.2 Å². The zero-order valence-electron chi connectivity index (χ0n) is 5.20. The molecule has 1 heterocycles. The van der Waals surface area contributed by atoms with E-state index in [9.17, 15) is 4.79 Å². The normalized spacial score (nSPS) is 15.4. The number of fused-ring (bicyclic) bond motifs is 1. The van der Waals surface area contributed by atoms with Crippen LogP contribution in [-0.2, 0) is 0 Å². The fraction of sp³-hybridized carbons (Fsp3) is 0.143. The Morgan fingerprint density at radius 1 is 1.60 bits per heavy atom. The van der Waals surface area contributed by atoms with E-state index in [0.717, 1.165) is 10.6 Å². The van der Waals surface area contributed by atoms with Crippen LogP contribution >= 0.6 is 11.3 Å². The van der Waals surface area contributed by atoms with Crippen molar-refractivity contribution in [2.45, 2.75) is 6.42 Å². The van der Waals surface area contributed by atoms with Crippen LogP contribution in [0, 0.1) is 0 Å². The van der Waals surface area contributed by atoms with E-state index in [4.69, 9.17) is 0 Å². The molecule has 0 aromatic carbocycles. The standard InChI is InChI=1S/C7H5NOS/c9-6-3-1-2-5-7(6)10-4-8-5/h1-2,4H,3H2. The number of thiazole rings is 1. The van der Waals surface area contributed by atoms with Gasteiger partial charge in [-0.1, -0.05) is 6.08 Å². The number of rotatable bonds is 0. The minimum Gasteiger partial charge on any atom is -0.293 e. The molecule has 10 heavy (non-hydrogen) atoms. The molecule has 0 saturated carbocycles. The minimum atomic E-state index is 0.194. The van der Waals surface area contributed by atoms with Crippen LogP contribution in [0.15, 0.2) is 11.6 Å². The molecule has 0 bridgehead atoms. The number of hydrogen-bond acceptors (Lipinski definition) is 3. The van der Waals surface area contributed by atoms with Crippen LogP contribution in [0.5, 0.6) is 0 Å². The second-order valence-electron chi connectivity index (χ2n) is 2.10. The summed E-state index contributed by atoms with van der Waals surface area (Å²) in [6.45, 7) is 0. The Labute approximate surface area is 62.2 Å². The lowest BCUT2D eigenvalue weighted by Crippen LogP contribution is -1.99. The summed E-state index contributed by atoms with van der Waals surface area (Å²) in [4.78, 5) is 15.9. The Hall–Kier alpha value is -0.960. The SMILES string of the molecule is O=C1CC=Cc2ncsc21. The van der Waals surface area contributed by atoms with E-state index in [2.05, 4.69) is 4.98 Å². The molecule has 0 amide bonds. The van der Waals surface area contributed by atoms with Crippen molar-refractivity contribution in [3.63, 3.8) is 0 Å². The molecule has 0 saturated heterocycles. The molecular weight excluding hydrogens is 146 g/mol. The second kappa shape index (κ2) is 2.02. The molecule has 0 aliphatic heterocycles. The van der Waals surface area contributed by atoms with E-state index in [-0.39, 0.29) is 5.78 Å². The summed E-state index contributed by atoms with van der Waals surface area (Å²) in [6, 6.07) is 0. The van der Waals surface area contributed by atoms with Gasteiger partial charge in [-0.25, -0.2) is 4.98 Å². The maximum atomic E-state index is 11.1. The first kappa shape index (κ1) is 5.80. The summed E-state index contributed by atoms with van der Waals surface area (Å²) >= 11 is 1.42. The van der Waals surface area contributed by atoms with Crippen molar-refractivity contribution in [1.82, 2.24) is 4.98 Å². The van der Waals surface area contributed by atoms with Gasteiger partial charge in [0.05, 0.1) is 16.1 Å². The molecule has 3 heteroatoms. The quantitative estimate of drug-likeness (QED) is 0.565. The highest BCUT2D eigenvalue weighted by Crippen LogP contribution is 2.21. The van der Waals surface area contributed by atoms with Gasteiger partial charge in [-0.05, 0) is 6.08 Å². The maximum Gasteiger partial charge on any atom is 0.178 e. The molecule has 1 aliphatic rings. The van der Waals surface area contributed by atoms with Crippen LogP contribution in [0.25, 0.3) is 6.08 Å². The topological polar surface area (TPSA) is 30.0 Å². The van der Waals surface area contributed by atoms with Gasteiger partial charge in [0.15, 0.2) is 5.78 Å². The van der Waals surface area contributed by atoms with Crippen LogP contribution in [0.3, 0.4) is 0 Å². The van der Waals surface area contributed by atoms with E-state index in [0.29, 0.717) is 6.42 Å². The van der Waals surface area contributed by atoms with Crippen LogP contribution in [-0.4, -0.2) is 10.8 Å². The third kappa shape index (κ3) is 0.708. The predicted octanol–water partition coefficient (Wildman–Crippen LogP) is 1.74. The first-order chi connectivity index (χ1) is 4.88. The first-order valence-electron chi connectivity index (χ1n) is 3.01. The average molecular weight is 151 g/mol. The van der Waals surface area contributed by atoms with Crippen LogP contribution in [0.4, 0.5) is 0 Å². The Balaban J connectivity index is 2.62. The van der Waals surface area contributed by atoms with Crippen molar-refractivity contribution >= 4 is 23.2 Å². The smallest absolute Gasteiger partial charge is 0.178 e. The Kier molecular flexibility index (Phi) is 1.17. The third-order valence-electron chi connectivity index (χ3n) is 1.43. The lowest BCUT2D eigenvalue weighted by atomic mass is 10.1. The summed E-state index contributed by atoms with van der Waals surface area (Å²) in [5.74, 6) is 0.194. The van der Waals surface area contributed by atoms with Gasteiger partial charge in [0.1, 0.15) is 0 Å². The number of Topliss-reactive ketones (excluding diaryl/α,β-unsaturated/α-hetero) is 1. The van der Waals surface area contributed by atoms with E-state index < -0.39 is 0 Å². The Morgan fingerprint density at radius 2 is 2.50 bits per heavy atom. The highest BCUT2D eigenvalue weighted by Gasteiger charge is 2.14. The van der Waals surface area contributed by atoms with Gasteiger partial charge in [-0.3, -0.25) is 4.79 Å². The molecule has 2 rings (SSSR count). The molecule has 1 aromatic rings. The largest absolute Gasteiger partial charge is 0.293 e. The number of ketones is 1. The lowest BCUT2D eigenvalue weighted by Gasteiger charge is -1.99. The number of carbonyl (C=O) groups is 1. The first-order valence-corrected chi connectivity index (χ1v) is 3.89. The van der Waals surface area contributed by atoms with Crippen molar-refractivity contribution in [3.05, 3.63) is 22.2 Å². The molecule has 2 nitrogen and oxygen atoms in total. The molecule has 0 atom stereocenters. The summed E-state index contributed by atoms with van der Waals surface area (Å²) in [5, 5.41) is 0. The molecule has 0 radical (unpaired) electrons. The monoisotopic (exact) mass is 151 g/mol. The molecular formula is C7H5NOS. The number of hydrogen-bond donors (Lipinski definition) is 0. The number of aromatic nitrogens is 1. The fourth-order valence-corrected chi connectivity index (χ4v) is 1.68. The van der Waals surface area contributed by atoms with Gasteiger partial charge >= 0.3 is 0 Å². The minimum absolute atomic E-state index is 0.194. The van der Waals surface area contributed by atoms with Gasteiger partial charge in [0.25, 0.3) is 0 Å². The third-order valence-corrected chi connectivity index (χ3v) is 2.31. The Morgan fingerprint density at radius 3 is 3.30 bits per heavy atom. The molecule has 0 spiro atoms. The van der Waals surface area contributed by atoms with Crippen molar-refractivity contribution in [3.8, 4) is 0 Å². The fourth-order valence-electron chi connectivity index (χ4n) is 0.952. The highest BCUT2D eigenvalue weighted by molar-refractivity contribution is 7.12. The van der Waals surface area contributed by atoms with E-state index in [1.54, 1.807) is 5.51 Å². The van der Waals surface area contributed by atoms with Crippen molar-refractivity contribution in [2.24, 2.45) is 0 Å². The molecule has 0 fully saturated rings. The Bertz CT molecular complexity index is 300.